The van der Waals surface area contributed by atoms with Crippen LogP contribution in [0.2, 0.25) is 0 Å². The van der Waals surface area contributed by atoms with Crippen molar-refractivity contribution in [1.82, 2.24) is 20.2 Å². The number of aromatic nitrogens is 4. The quantitative estimate of drug-likeness (QED) is 0.583. The Bertz CT molecular complexity index is 1070. The molecule has 0 fully saturated rings. The monoisotopic (exact) mass is 337 g/mol. The molecule has 0 atom stereocenters. The van der Waals surface area contributed by atoms with Crippen molar-refractivity contribution in [3.63, 3.8) is 0 Å². The number of nitrogens with one attached hydrogen (secondary N) is 2. The predicted molar refractivity (Wildman–Crippen MR) is 91.5 cm³/mol. The van der Waals surface area contributed by atoms with Gasteiger partial charge in [0.1, 0.15) is 23.3 Å². The molecule has 25 heavy (non-hydrogen) atoms. The predicted octanol–water partition coefficient (Wildman–Crippen LogP) is 4.35. The van der Waals surface area contributed by atoms with E-state index in [2.05, 4.69) is 25.5 Å². The molecule has 0 radical (unpaired) electrons. The van der Waals surface area contributed by atoms with Crippen LogP contribution in [0.3, 0.4) is 0 Å². The van der Waals surface area contributed by atoms with Crippen LogP contribution in [0.1, 0.15) is 5.69 Å². The summed E-state index contributed by atoms with van der Waals surface area (Å²) in [6.07, 6.45) is 0. The van der Waals surface area contributed by atoms with Crippen LogP contribution >= 0.6 is 0 Å². The second-order valence-electron chi connectivity index (χ2n) is 5.59. The number of aromatic amines is 1. The average molecular weight is 337 g/mol. The van der Waals surface area contributed by atoms with Crippen molar-refractivity contribution < 1.29 is 8.78 Å². The van der Waals surface area contributed by atoms with Crippen molar-refractivity contribution in [2.24, 2.45) is 0 Å². The minimum absolute atomic E-state index is 0.135. The molecule has 0 saturated heterocycles. The fourth-order valence-electron chi connectivity index (χ4n) is 2.58. The normalized spacial score (nSPS) is 11.0. The van der Waals surface area contributed by atoms with E-state index in [1.165, 1.54) is 12.1 Å². The summed E-state index contributed by atoms with van der Waals surface area (Å²) in [5.41, 5.74) is 1.61. The molecule has 124 valence electrons. The summed E-state index contributed by atoms with van der Waals surface area (Å²) < 4.78 is 27.3. The molecule has 4 rings (SSSR count). The molecule has 0 bridgehead atoms. The van der Waals surface area contributed by atoms with Gasteiger partial charge in [-0.3, -0.25) is 5.10 Å². The summed E-state index contributed by atoms with van der Waals surface area (Å²) in [6, 6.07) is 12.5. The van der Waals surface area contributed by atoms with E-state index < -0.39 is 11.6 Å². The molecule has 2 N–H and O–H groups in total. The van der Waals surface area contributed by atoms with Gasteiger partial charge in [-0.05, 0) is 31.2 Å². The molecule has 2 heterocycles. The molecule has 7 heteroatoms. The van der Waals surface area contributed by atoms with Crippen molar-refractivity contribution in [3.05, 3.63) is 65.9 Å². The molecule has 2 aromatic heterocycles. The maximum Gasteiger partial charge on any atom is 0.165 e. The van der Waals surface area contributed by atoms with Gasteiger partial charge in [0.2, 0.25) is 0 Å². The summed E-state index contributed by atoms with van der Waals surface area (Å²) in [7, 11) is 0. The van der Waals surface area contributed by atoms with Crippen LogP contribution in [-0.2, 0) is 0 Å². The highest BCUT2D eigenvalue weighted by Gasteiger charge is 2.14. The first kappa shape index (κ1) is 15.2. The first-order chi connectivity index (χ1) is 12.1. The van der Waals surface area contributed by atoms with Crippen molar-refractivity contribution in [3.8, 4) is 11.4 Å². The van der Waals surface area contributed by atoms with Crippen LogP contribution < -0.4 is 5.32 Å². The van der Waals surface area contributed by atoms with Gasteiger partial charge in [0.05, 0.1) is 16.8 Å². The highest BCUT2D eigenvalue weighted by Crippen LogP contribution is 2.28. The number of halogens is 2. The van der Waals surface area contributed by atoms with Crippen molar-refractivity contribution >= 4 is 22.5 Å². The van der Waals surface area contributed by atoms with Gasteiger partial charge >= 0.3 is 0 Å². The van der Waals surface area contributed by atoms with E-state index in [1.54, 1.807) is 0 Å². The molecule has 0 amide bonds. The SMILES string of the molecule is Cc1cc(Nc2nc(-c3ccc(F)cc3F)nc3ccccc23)[nH]n1. The van der Waals surface area contributed by atoms with Crippen LogP contribution in [0.15, 0.2) is 48.5 Å². The van der Waals surface area contributed by atoms with E-state index in [1.807, 2.05) is 37.3 Å². The summed E-state index contributed by atoms with van der Waals surface area (Å²) >= 11 is 0. The molecule has 4 aromatic rings. The zero-order chi connectivity index (χ0) is 17.4. The molecule has 0 aliphatic rings. The van der Waals surface area contributed by atoms with Gasteiger partial charge in [-0.1, -0.05) is 12.1 Å². The Morgan fingerprint density at radius 2 is 1.84 bits per heavy atom. The molecular weight excluding hydrogens is 324 g/mol. The maximum absolute atomic E-state index is 14.1. The molecule has 0 spiro atoms. The maximum atomic E-state index is 14.1. The second kappa shape index (κ2) is 5.94. The van der Waals surface area contributed by atoms with E-state index in [0.717, 1.165) is 17.1 Å². The van der Waals surface area contributed by atoms with Gasteiger partial charge in [-0.2, -0.15) is 5.10 Å². The first-order valence-electron chi connectivity index (χ1n) is 7.61. The molecule has 2 aromatic carbocycles. The van der Waals surface area contributed by atoms with Gasteiger partial charge in [-0.15, -0.1) is 0 Å². The zero-order valence-corrected chi connectivity index (χ0v) is 13.2. The molecular formula is C18H13F2N5. The van der Waals surface area contributed by atoms with E-state index >= 15 is 0 Å². The van der Waals surface area contributed by atoms with Crippen LogP contribution in [-0.4, -0.2) is 20.2 Å². The van der Waals surface area contributed by atoms with E-state index in [-0.39, 0.29) is 11.4 Å². The lowest BCUT2D eigenvalue weighted by atomic mass is 10.1. The Kier molecular flexibility index (Phi) is 3.61. The number of fused-ring (bicyclic) bond motifs is 1. The summed E-state index contributed by atoms with van der Waals surface area (Å²) in [4.78, 5) is 8.84. The number of aryl methyl sites for hydroxylation is 1. The number of benzene rings is 2. The largest absolute Gasteiger partial charge is 0.325 e. The lowest BCUT2D eigenvalue weighted by Crippen LogP contribution is -2.00. The Morgan fingerprint density at radius 1 is 1.00 bits per heavy atom. The highest BCUT2D eigenvalue weighted by atomic mass is 19.1. The number of H-pyrrole nitrogens is 1. The van der Waals surface area contributed by atoms with Crippen molar-refractivity contribution in [2.75, 3.05) is 5.32 Å². The number of anilines is 2. The van der Waals surface area contributed by atoms with Gasteiger partial charge in [0.15, 0.2) is 5.82 Å². The summed E-state index contributed by atoms with van der Waals surface area (Å²) in [5.74, 6) is -0.0123. The van der Waals surface area contributed by atoms with E-state index in [9.17, 15) is 8.78 Å². The van der Waals surface area contributed by atoms with Crippen LogP contribution in [0.25, 0.3) is 22.3 Å². The number of para-hydroxylation sites is 1. The third-order valence-electron chi connectivity index (χ3n) is 3.73. The van der Waals surface area contributed by atoms with Crippen LogP contribution in [0.4, 0.5) is 20.4 Å². The smallest absolute Gasteiger partial charge is 0.165 e. The standard InChI is InChI=1S/C18H13F2N5/c1-10-8-16(25-24-10)22-18-13-4-2-3-5-15(13)21-17(23-18)12-7-6-11(19)9-14(12)20/h2-9H,1H3,(H2,21,22,23,24,25). The number of nitrogens with zero attached hydrogens (tertiary/aromatic N) is 3. The molecule has 5 nitrogen and oxygen atoms in total. The van der Waals surface area contributed by atoms with Gasteiger partial charge in [0.25, 0.3) is 0 Å². The fraction of sp³-hybridized carbons (Fsp3) is 0.0556. The summed E-state index contributed by atoms with van der Waals surface area (Å²) in [6.45, 7) is 1.86. The highest BCUT2D eigenvalue weighted by molar-refractivity contribution is 5.91. The Balaban J connectivity index is 1.88. The minimum atomic E-state index is -0.710. The minimum Gasteiger partial charge on any atom is -0.325 e. The van der Waals surface area contributed by atoms with E-state index in [4.69, 9.17) is 0 Å². The lowest BCUT2D eigenvalue weighted by Gasteiger charge is -2.10. The molecule has 0 saturated carbocycles. The van der Waals surface area contributed by atoms with Crippen molar-refractivity contribution in [1.29, 1.82) is 0 Å². The molecule has 0 aliphatic heterocycles. The lowest BCUT2D eigenvalue weighted by molar-refractivity contribution is 0.585. The Labute approximate surface area is 141 Å². The topological polar surface area (TPSA) is 66.5 Å². The van der Waals surface area contributed by atoms with Crippen LogP contribution in [0.5, 0.6) is 0 Å². The molecule has 0 unspecified atom stereocenters. The fourth-order valence-corrected chi connectivity index (χ4v) is 2.58. The van der Waals surface area contributed by atoms with E-state index in [0.29, 0.717) is 17.2 Å². The average Bonchev–Trinajstić information content (AvgIpc) is 2.99. The third-order valence-corrected chi connectivity index (χ3v) is 3.73. The van der Waals surface area contributed by atoms with Gasteiger partial charge < -0.3 is 5.32 Å². The zero-order valence-electron chi connectivity index (χ0n) is 13.2. The van der Waals surface area contributed by atoms with Crippen LogP contribution in [0, 0.1) is 18.6 Å². The number of hydrogen-bond acceptors (Lipinski definition) is 4. The Hall–Kier alpha value is -3.35. The Morgan fingerprint density at radius 3 is 2.60 bits per heavy atom. The number of rotatable bonds is 3. The molecule has 0 aliphatic carbocycles. The second-order valence-corrected chi connectivity index (χ2v) is 5.59. The van der Waals surface area contributed by atoms with Gasteiger partial charge in [0, 0.05) is 17.5 Å². The van der Waals surface area contributed by atoms with Crippen molar-refractivity contribution in [2.45, 2.75) is 6.92 Å². The number of hydrogen-bond donors (Lipinski definition) is 2. The summed E-state index contributed by atoms with van der Waals surface area (Å²) in [5, 5.41) is 10.8. The first-order valence-corrected chi connectivity index (χ1v) is 7.61. The van der Waals surface area contributed by atoms with Gasteiger partial charge in [-0.25, -0.2) is 18.7 Å². The third kappa shape index (κ3) is 2.91.